The highest BCUT2D eigenvalue weighted by atomic mass is 16.5. The zero-order valence-corrected chi connectivity index (χ0v) is 15.6. The van der Waals surface area contributed by atoms with Gasteiger partial charge in [0.05, 0.1) is 25.3 Å². The third kappa shape index (κ3) is 4.94. The van der Waals surface area contributed by atoms with Crippen LogP contribution in [0, 0.1) is 6.92 Å². The number of furan rings is 1. The fraction of sp³-hybridized carbons (Fsp3) is 0.136. The Balaban J connectivity index is 1.60. The average Bonchev–Trinajstić information content (AvgIpc) is 3.18. The maximum absolute atomic E-state index is 11.9. The van der Waals surface area contributed by atoms with Crippen LogP contribution in [0.1, 0.15) is 27.2 Å². The largest absolute Gasteiger partial charge is 0.465 e. The number of amides is 1. The Bertz CT molecular complexity index is 1000. The quantitative estimate of drug-likeness (QED) is 0.404. The van der Waals surface area contributed by atoms with E-state index >= 15 is 0 Å². The molecule has 0 fully saturated rings. The van der Waals surface area contributed by atoms with Gasteiger partial charge >= 0.3 is 5.97 Å². The first-order valence-electron chi connectivity index (χ1n) is 8.71. The molecule has 0 saturated heterocycles. The van der Waals surface area contributed by atoms with Gasteiger partial charge < -0.3 is 9.15 Å². The highest BCUT2D eigenvalue weighted by Crippen LogP contribution is 2.22. The molecule has 142 valence electrons. The van der Waals surface area contributed by atoms with E-state index in [1.807, 2.05) is 37.3 Å². The number of nitrogens with one attached hydrogen (secondary N) is 1. The Labute approximate surface area is 162 Å². The molecule has 1 amide bonds. The van der Waals surface area contributed by atoms with Crippen molar-refractivity contribution in [3.8, 4) is 11.3 Å². The number of nitrogens with zero attached hydrogens (tertiary/aromatic N) is 1. The number of hydrazone groups is 1. The van der Waals surface area contributed by atoms with Crippen LogP contribution >= 0.6 is 0 Å². The number of carbonyl (C=O) groups is 2. The fourth-order valence-corrected chi connectivity index (χ4v) is 2.59. The number of hydrogen-bond donors (Lipinski definition) is 1. The Kier molecular flexibility index (Phi) is 6.01. The fourth-order valence-electron chi connectivity index (χ4n) is 2.59. The molecule has 0 bridgehead atoms. The molecule has 3 aromatic rings. The Morgan fingerprint density at radius 1 is 1.11 bits per heavy atom. The Morgan fingerprint density at radius 3 is 2.64 bits per heavy atom. The van der Waals surface area contributed by atoms with Crippen LogP contribution in [0.5, 0.6) is 0 Å². The van der Waals surface area contributed by atoms with Gasteiger partial charge in [-0.25, -0.2) is 10.2 Å². The first-order valence-corrected chi connectivity index (χ1v) is 8.71. The number of ether oxygens (including phenoxy) is 1. The monoisotopic (exact) mass is 376 g/mol. The second-order valence-corrected chi connectivity index (χ2v) is 6.23. The van der Waals surface area contributed by atoms with E-state index in [9.17, 15) is 9.59 Å². The number of hydrogen-bond acceptors (Lipinski definition) is 5. The predicted molar refractivity (Wildman–Crippen MR) is 106 cm³/mol. The third-order valence-electron chi connectivity index (χ3n) is 4.06. The lowest BCUT2D eigenvalue weighted by Crippen LogP contribution is -2.19. The molecule has 1 aromatic heterocycles. The van der Waals surface area contributed by atoms with Gasteiger partial charge in [0.1, 0.15) is 11.5 Å². The normalized spacial score (nSPS) is 10.8. The minimum Gasteiger partial charge on any atom is -0.465 e. The second-order valence-electron chi connectivity index (χ2n) is 6.23. The highest BCUT2D eigenvalue weighted by Gasteiger charge is 2.09. The molecule has 0 radical (unpaired) electrons. The topological polar surface area (TPSA) is 80.9 Å². The van der Waals surface area contributed by atoms with Gasteiger partial charge in [-0.15, -0.1) is 0 Å². The summed E-state index contributed by atoms with van der Waals surface area (Å²) >= 11 is 0. The molecule has 0 aliphatic carbocycles. The lowest BCUT2D eigenvalue weighted by molar-refractivity contribution is -0.120. The maximum Gasteiger partial charge on any atom is 0.337 e. The van der Waals surface area contributed by atoms with Crippen molar-refractivity contribution in [3.63, 3.8) is 0 Å². The van der Waals surface area contributed by atoms with Crippen LogP contribution in [0.25, 0.3) is 11.3 Å². The number of aryl methyl sites for hydroxylation is 1. The lowest BCUT2D eigenvalue weighted by Gasteiger charge is -2.01. The van der Waals surface area contributed by atoms with E-state index < -0.39 is 5.97 Å². The van der Waals surface area contributed by atoms with Gasteiger partial charge in [0, 0.05) is 5.56 Å². The van der Waals surface area contributed by atoms with Crippen LogP contribution in [0.15, 0.2) is 70.2 Å². The molecular formula is C22H20N2O4. The summed E-state index contributed by atoms with van der Waals surface area (Å²) in [5.41, 5.74) is 5.73. The predicted octanol–water partition coefficient (Wildman–Crippen LogP) is 3.73. The van der Waals surface area contributed by atoms with Crippen molar-refractivity contribution in [2.45, 2.75) is 13.3 Å². The zero-order valence-electron chi connectivity index (χ0n) is 15.6. The SMILES string of the molecule is COC(=O)c1cccc(-c2ccc(/C=N\NC(=O)Cc3ccc(C)cc3)o2)c1. The summed E-state index contributed by atoms with van der Waals surface area (Å²) in [6.07, 6.45) is 1.68. The summed E-state index contributed by atoms with van der Waals surface area (Å²) in [5, 5.41) is 3.93. The summed E-state index contributed by atoms with van der Waals surface area (Å²) in [7, 11) is 1.34. The molecule has 0 atom stereocenters. The average molecular weight is 376 g/mol. The van der Waals surface area contributed by atoms with Crippen molar-refractivity contribution in [1.82, 2.24) is 5.43 Å². The van der Waals surface area contributed by atoms with Gasteiger partial charge in [0.15, 0.2) is 0 Å². The minimum absolute atomic E-state index is 0.210. The third-order valence-corrected chi connectivity index (χ3v) is 4.06. The smallest absolute Gasteiger partial charge is 0.337 e. The summed E-state index contributed by atoms with van der Waals surface area (Å²) in [6, 6.07) is 18.2. The van der Waals surface area contributed by atoms with Gasteiger partial charge in [0.25, 0.3) is 0 Å². The van der Waals surface area contributed by atoms with E-state index in [4.69, 9.17) is 9.15 Å². The molecule has 0 aliphatic rings. The summed E-state index contributed by atoms with van der Waals surface area (Å²) in [6.45, 7) is 2.00. The van der Waals surface area contributed by atoms with E-state index in [2.05, 4.69) is 10.5 Å². The van der Waals surface area contributed by atoms with Gasteiger partial charge in [-0.1, -0.05) is 42.0 Å². The summed E-state index contributed by atoms with van der Waals surface area (Å²) in [4.78, 5) is 23.6. The van der Waals surface area contributed by atoms with E-state index in [1.54, 1.807) is 30.3 Å². The molecule has 3 rings (SSSR count). The van der Waals surface area contributed by atoms with Crippen LogP contribution < -0.4 is 5.43 Å². The van der Waals surface area contributed by atoms with E-state index in [-0.39, 0.29) is 12.3 Å². The molecule has 1 heterocycles. The van der Waals surface area contributed by atoms with E-state index in [0.717, 1.165) is 16.7 Å². The Hall–Kier alpha value is -3.67. The van der Waals surface area contributed by atoms with Crippen molar-refractivity contribution in [2.75, 3.05) is 7.11 Å². The molecule has 0 spiro atoms. The van der Waals surface area contributed by atoms with Gasteiger partial charge in [-0.05, 0) is 36.8 Å². The van der Waals surface area contributed by atoms with Gasteiger partial charge in [-0.3, -0.25) is 4.79 Å². The number of carbonyl (C=O) groups excluding carboxylic acids is 2. The molecule has 1 N–H and O–H groups in total. The van der Waals surface area contributed by atoms with Crippen LogP contribution in [0.3, 0.4) is 0 Å². The van der Waals surface area contributed by atoms with E-state index in [1.165, 1.54) is 13.3 Å². The van der Waals surface area contributed by atoms with Crippen molar-refractivity contribution >= 4 is 18.1 Å². The van der Waals surface area contributed by atoms with Crippen molar-refractivity contribution in [2.24, 2.45) is 5.10 Å². The van der Waals surface area contributed by atoms with Crippen molar-refractivity contribution < 1.29 is 18.7 Å². The number of benzene rings is 2. The van der Waals surface area contributed by atoms with Crippen LogP contribution in [-0.4, -0.2) is 25.2 Å². The summed E-state index contributed by atoms with van der Waals surface area (Å²) < 4.78 is 10.4. The van der Waals surface area contributed by atoms with Gasteiger partial charge in [-0.2, -0.15) is 5.10 Å². The Morgan fingerprint density at radius 2 is 1.89 bits per heavy atom. The molecule has 28 heavy (non-hydrogen) atoms. The maximum atomic E-state index is 11.9. The van der Waals surface area contributed by atoms with Crippen LogP contribution in [-0.2, 0) is 16.0 Å². The number of rotatable bonds is 6. The van der Waals surface area contributed by atoms with Crippen molar-refractivity contribution in [1.29, 1.82) is 0 Å². The van der Waals surface area contributed by atoms with Gasteiger partial charge in [0.2, 0.25) is 5.91 Å². The molecule has 6 nitrogen and oxygen atoms in total. The highest BCUT2D eigenvalue weighted by molar-refractivity contribution is 5.90. The molecule has 6 heteroatoms. The minimum atomic E-state index is -0.411. The van der Waals surface area contributed by atoms with Crippen molar-refractivity contribution in [3.05, 3.63) is 83.1 Å². The summed E-state index contributed by atoms with van der Waals surface area (Å²) in [5.74, 6) is 0.441. The van der Waals surface area contributed by atoms with E-state index in [0.29, 0.717) is 17.1 Å². The van der Waals surface area contributed by atoms with Crippen LogP contribution in [0.4, 0.5) is 0 Å². The number of esters is 1. The van der Waals surface area contributed by atoms with Crippen LogP contribution in [0.2, 0.25) is 0 Å². The number of methoxy groups -OCH3 is 1. The first-order chi connectivity index (χ1) is 13.5. The standard InChI is InChI=1S/C22H20N2O4/c1-15-6-8-16(9-7-15)12-21(25)24-23-14-19-10-11-20(28-19)17-4-3-5-18(13-17)22(26)27-2/h3-11,13-14H,12H2,1-2H3,(H,24,25)/b23-14-. The molecule has 0 aliphatic heterocycles. The molecule has 2 aromatic carbocycles. The zero-order chi connectivity index (χ0) is 19.9. The molecular weight excluding hydrogens is 356 g/mol. The second kappa shape index (κ2) is 8.81. The first kappa shape index (κ1) is 19.1. The lowest BCUT2D eigenvalue weighted by atomic mass is 10.1. The molecule has 0 saturated carbocycles. The molecule has 0 unspecified atom stereocenters.